The van der Waals surface area contributed by atoms with Gasteiger partial charge in [0.25, 0.3) is 0 Å². The zero-order valence-electron chi connectivity index (χ0n) is 7.33. The Labute approximate surface area is 120 Å². The van der Waals surface area contributed by atoms with Crippen LogP contribution in [0, 0.1) is 7.11 Å². The third-order valence-electron chi connectivity index (χ3n) is 0.183. The minimum atomic E-state index is 0. The first-order chi connectivity index (χ1) is 4.33. The van der Waals surface area contributed by atoms with Crippen molar-refractivity contribution in [3.05, 3.63) is 7.11 Å². The second-order valence-electron chi connectivity index (χ2n) is 0.907. The quantitative estimate of drug-likeness (QED) is 0.553. The van der Waals surface area contributed by atoms with Crippen molar-refractivity contribution in [1.29, 1.82) is 0 Å². The average molecular weight is 310 g/mol. The Hall–Kier alpha value is 1.80. The van der Waals surface area contributed by atoms with Gasteiger partial charge in [-0.1, -0.05) is 6.92 Å². The van der Waals surface area contributed by atoms with Gasteiger partial charge >= 0.3 is 0 Å². The van der Waals surface area contributed by atoms with Gasteiger partial charge in [0.15, 0.2) is 0 Å². The number of aliphatic hydroxyl groups is 1. The van der Waals surface area contributed by atoms with Crippen LogP contribution in [0.15, 0.2) is 4.99 Å². The smallest absolute Gasteiger partial charge is 0 e. The monoisotopic (exact) mass is 310 g/mol. The number of hydrogen-bond donors (Lipinski definition) is 2. The summed E-state index contributed by atoms with van der Waals surface area (Å²) in [6.07, 6.45) is 0. The standard InChI is InChI=1S/C3H6N.C2H7N.CH3O.2Y/c1-3-4-2;1-2-3;1-2;;/h2H,3H2,1H3;2-3H2,1H3;2H,1H2;;/q-1;;-1;;. The molecule has 0 aromatic rings. The SMILES string of the molecule is CCN.[CH-]=NCC.[CH2-]O.[Y].[Y]. The van der Waals surface area contributed by atoms with Gasteiger partial charge in [0.05, 0.1) is 0 Å². The van der Waals surface area contributed by atoms with Gasteiger partial charge in [0.1, 0.15) is 0 Å². The molecule has 0 aromatic carbocycles. The summed E-state index contributed by atoms with van der Waals surface area (Å²) >= 11 is 0. The minimum Gasteiger partial charge on any atom is -0.569 e. The normalized spacial score (nSPS) is 4.45. The molecule has 5 heteroatoms. The molecule has 2 radical (unpaired) electrons. The van der Waals surface area contributed by atoms with Gasteiger partial charge in [-0.2, -0.15) is 0 Å². The van der Waals surface area contributed by atoms with Crippen molar-refractivity contribution >= 4 is 6.72 Å². The summed E-state index contributed by atoms with van der Waals surface area (Å²) in [4.78, 5) is 3.24. The Morgan fingerprint density at radius 1 is 1.36 bits per heavy atom. The molecule has 64 valence electrons. The van der Waals surface area contributed by atoms with Crippen LogP contribution in [0.5, 0.6) is 0 Å². The van der Waals surface area contributed by atoms with E-state index < -0.39 is 0 Å². The molecule has 0 bridgehead atoms. The van der Waals surface area contributed by atoms with Gasteiger partial charge in [-0.25, -0.2) is 7.11 Å². The molecular weight excluding hydrogens is 294 g/mol. The van der Waals surface area contributed by atoms with Gasteiger partial charge in [0.2, 0.25) is 0 Å². The van der Waals surface area contributed by atoms with E-state index in [9.17, 15) is 0 Å². The second kappa shape index (κ2) is 59.8. The number of hydrogen-bond acceptors (Lipinski definition) is 3. The summed E-state index contributed by atoms with van der Waals surface area (Å²) in [7, 11) is 2.25. The summed E-state index contributed by atoms with van der Waals surface area (Å²) in [5.74, 6) is 0. The molecule has 0 aromatic heterocycles. The van der Waals surface area contributed by atoms with E-state index in [4.69, 9.17) is 10.8 Å². The van der Waals surface area contributed by atoms with Crippen molar-refractivity contribution in [2.75, 3.05) is 13.1 Å². The maximum absolute atomic E-state index is 6.75. The van der Waals surface area contributed by atoms with E-state index in [2.05, 4.69) is 18.8 Å². The van der Waals surface area contributed by atoms with E-state index in [0.29, 0.717) is 0 Å². The van der Waals surface area contributed by atoms with Crippen LogP contribution in [-0.4, -0.2) is 24.9 Å². The summed E-state index contributed by atoms with van der Waals surface area (Å²) in [6, 6.07) is 0. The number of nitrogens with zero attached hydrogens (tertiary/aromatic N) is 1. The van der Waals surface area contributed by atoms with E-state index in [1.54, 1.807) is 0 Å². The van der Waals surface area contributed by atoms with E-state index in [0.717, 1.165) is 13.1 Å². The van der Waals surface area contributed by atoms with Gasteiger partial charge in [-0.3, -0.25) is 0 Å². The Morgan fingerprint density at radius 3 is 1.45 bits per heavy atom. The first-order valence-electron chi connectivity index (χ1n) is 2.71. The van der Waals surface area contributed by atoms with Crippen LogP contribution in [0.4, 0.5) is 0 Å². The van der Waals surface area contributed by atoms with Crippen LogP contribution >= 0.6 is 0 Å². The Balaban J connectivity index is -0.0000000158. The molecule has 0 rings (SSSR count). The van der Waals surface area contributed by atoms with Crippen molar-refractivity contribution in [1.82, 2.24) is 0 Å². The van der Waals surface area contributed by atoms with E-state index in [-0.39, 0.29) is 65.4 Å². The Bertz CT molecular complexity index is 39.8. The van der Waals surface area contributed by atoms with Gasteiger partial charge in [0, 0.05) is 65.4 Å². The summed E-state index contributed by atoms with van der Waals surface area (Å²) in [5, 5.41) is 6.75. The molecule has 0 atom stereocenters. The van der Waals surface area contributed by atoms with Crippen molar-refractivity contribution in [2.24, 2.45) is 10.7 Å². The molecule has 0 spiro atoms. The fraction of sp³-hybridized carbons (Fsp3) is 0.667. The van der Waals surface area contributed by atoms with Crippen LogP contribution in [0.2, 0.25) is 0 Å². The van der Waals surface area contributed by atoms with E-state index in [1.165, 1.54) is 0 Å². The fourth-order valence-corrected chi connectivity index (χ4v) is 0. The second-order valence-corrected chi connectivity index (χ2v) is 0.907. The van der Waals surface area contributed by atoms with Crippen LogP contribution in [-0.2, 0) is 65.4 Å². The van der Waals surface area contributed by atoms with Gasteiger partial charge in [-0.05, 0) is 20.0 Å². The number of aliphatic hydroxyl groups excluding tert-OH is 1. The van der Waals surface area contributed by atoms with Crippen LogP contribution < -0.4 is 5.73 Å². The molecule has 0 aliphatic rings. The van der Waals surface area contributed by atoms with Crippen molar-refractivity contribution in [2.45, 2.75) is 13.8 Å². The third kappa shape index (κ3) is 145. The average Bonchev–Trinajstić information content (AvgIpc) is 1.94. The number of nitrogens with two attached hydrogens (primary N) is 1. The molecule has 0 fully saturated rings. The first-order valence-corrected chi connectivity index (χ1v) is 2.71. The van der Waals surface area contributed by atoms with E-state index >= 15 is 0 Å². The predicted octanol–water partition coefficient (Wildman–Crippen LogP) is 0.694. The Kier molecular flexibility index (Phi) is 159. The van der Waals surface area contributed by atoms with Crippen LogP contribution in [0.1, 0.15) is 13.8 Å². The van der Waals surface area contributed by atoms with Crippen LogP contribution in [0.25, 0.3) is 0 Å². The molecule has 0 heterocycles. The summed E-state index contributed by atoms with van der Waals surface area (Å²) in [6.45, 7) is 9.92. The first kappa shape index (κ1) is 29.3. The third-order valence-corrected chi connectivity index (χ3v) is 0.183. The van der Waals surface area contributed by atoms with Crippen molar-refractivity contribution in [3.63, 3.8) is 0 Å². The van der Waals surface area contributed by atoms with Gasteiger partial charge in [-0.15, -0.1) is 0 Å². The van der Waals surface area contributed by atoms with Crippen molar-refractivity contribution < 1.29 is 70.5 Å². The molecule has 0 saturated carbocycles. The molecule has 3 N–H and O–H groups in total. The maximum atomic E-state index is 6.75. The molecule has 0 aliphatic heterocycles. The molecule has 0 saturated heterocycles. The number of aliphatic imine (C=N–C) groups is 1. The van der Waals surface area contributed by atoms with Crippen LogP contribution in [0.3, 0.4) is 0 Å². The minimum absolute atomic E-state index is 0. The molecule has 3 nitrogen and oxygen atoms in total. The molecule has 0 amide bonds. The molecule has 11 heavy (non-hydrogen) atoms. The molecule has 0 aliphatic carbocycles. The molecular formula is C6H16N2OY2-2. The van der Waals surface area contributed by atoms with Gasteiger partial charge < -0.3 is 22.6 Å². The topological polar surface area (TPSA) is 58.6 Å². The van der Waals surface area contributed by atoms with Crippen molar-refractivity contribution in [3.8, 4) is 0 Å². The summed E-state index contributed by atoms with van der Waals surface area (Å²) < 4.78 is 0. The fourth-order valence-electron chi connectivity index (χ4n) is 0. The maximum Gasteiger partial charge on any atom is 0 e. The van der Waals surface area contributed by atoms with E-state index in [1.807, 2.05) is 13.8 Å². The zero-order chi connectivity index (χ0) is 8.12. The zero-order valence-corrected chi connectivity index (χ0v) is 13.0. The summed E-state index contributed by atoms with van der Waals surface area (Å²) in [5.41, 5.74) is 4.85. The predicted molar refractivity (Wildman–Crippen MR) is 41.1 cm³/mol. The Morgan fingerprint density at radius 2 is 1.45 bits per heavy atom. The number of rotatable bonds is 1. The largest absolute Gasteiger partial charge is 0.569 e. The molecule has 0 unspecified atom stereocenters.